The molecule has 1 aromatic rings. The average Bonchev–Trinajstić information content (AvgIpc) is 2.92. The normalized spacial score (nSPS) is 15.5. The van der Waals surface area contributed by atoms with Crippen molar-refractivity contribution in [1.29, 1.82) is 0 Å². The highest BCUT2D eigenvalue weighted by Gasteiger charge is 2.43. The van der Waals surface area contributed by atoms with E-state index in [1.54, 1.807) is 0 Å². The van der Waals surface area contributed by atoms with E-state index in [4.69, 9.17) is 10.5 Å². The first-order chi connectivity index (χ1) is 18.9. The molecule has 0 fully saturated rings. The molecule has 0 spiro atoms. The summed E-state index contributed by atoms with van der Waals surface area (Å²) < 4.78 is 9.69. The van der Waals surface area contributed by atoms with Crippen LogP contribution in [0.25, 0.3) is 0 Å². The van der Waals surface area contributed by atoms with Crippen LogP contribution in [0.2, 0.25) is 0 Å². The van der Waals surface area contributed by atoms with E-state index in [9.17, 15) is 39.6 Å². The van der Waals surface area contributed by atoms with Gasteiger partial charge >= 0.3 is 12.1 Å². The van der Waals surface area contributed by atoms with Gasteiger partial charge in [0.15, 0.2) is 0 Å². The number of aliphatic hydroxyl groups is 4. The van der Waals surface area contributed by atoms with Crippen molar-refractivity contribution in [2.75, 3.05) is 20.2 Å². The Morgan fingerprint density at radius 2 is 1.68 bits per heavy atom. The molecule has 3 unspecified atom stereocenters. The molecule has 9 N–H and O–H groups in total. The Hall–Kier alpha value is -3.30. The zero-order chi connectivity index (χ0) is 30.1. The zero-order valence-electron chi connectivity index (χ0n) is 22.9. The molecule has 3 amide bonds. The summed E-state index contributed by atoms with van der Waals surface area (Å²) in [5, 5.41) is 48.5. The molecule has 226 valence electrons. The van der Waals surface area contributed by atoms with Crippen molar-refractivity contribution >= 4 is 23.9 Å². The van der Waals surface area contributed by atoms with E-state index in [1.165, 1.54) is 0 Å². The standard InChI is InChI=1S/C26H42N4O10/c1-17(31)29-19(13-20(32)22(34)15-27)21(33)14-26(38,24(36)39-2)30-23(35)11-7-4-8-12-28-25(37)40-16-18-9-5-3-6-10-18/h3,5-6,9-10,19-22,32-34,38H,4,7-8,11-16,27H2,1-2H3,(H,28,37)(H,29,31)(H,30,35)/t19?,20-,21?,22-,26?/m1/s1. The molecule has 40 heavy (non-hydrogen) atoms. The summed E-state index contributed by atoms with van der Waals surface area (Å²) in [6.07, 6.45) is -4.72. The number of aliphatic hydroxyl groups excluding tert-OH is 3. The molecule has 14 heteroatoms. The van der Waals surface area contributed by atoms with Gasteiger partial charge < -0.3 is 51.6 Å². The summed E-state index contributed by atoms with van der Waals surface area (Å²) in [5.74, 6) is -2.53. The third kappa shape index (κ3) is 13.2. The first-order valence-electron chi connectivity index (χ1n) is 13.0. The van der Waals surface area contributed by atoms with Gasteiger partial charge in [0.1, 0.15) is 6.61 Å². The molecular weight excluding hydrogens is 528 g/mol. The second-order valence-electron chi connectivity index (χ2n) is 9.38. The van der Waals surface area contributed by atoms with Crippen molar-refractivity contribution in [3.63, 3.8) is 0 Å². The fourth-order valence-corrected chi connectivity index (χ4v) is 3.79. The van der Waals surface area contributed by atoms with Crippen LogP contribution < -0.4 is 21.7 Å². The van der Waals surface area contributed by atoms with Crippen LogP contribution in [-0.4, -0.2) is 94.6 Å². The van der Waals surface area contributed by atoms with E-state index in [-0.39, 0.29) is 26.0 Å². The number of carbonyl (C=O) groups excluding carboxylic acids is 4. The summed E-state index contributed by atoms with van der Waals surface area (Å²) in [7, 11) is 0.983. The van der Waals surface area contributed by atoms with E-state index < -0.39 is 60.4 Å². The Balaban J connectivity index is 2.54. The maximum absolute atomic E-state index is 12.5. The molecule has 1 rings (SSSR count). The van der Waals surface area contributed by atoms with E-state index in [0.717, 1.165) is 19.6 Å². The number of amides is 3. The first-order valence-corrected chi connectivity index (χ1v) is 13.0. The number of benzene rings is 1. The second kappa shape index (κ2) is 18.1. The molecule has 0 bridgehead atoms. The van der Waals surface area contributed by atoms with Crippen molar-refractivity contribution in [2.24, 2.45) is 5.73 Å². The van der Waals surface area contributed by atoms with Gasteiger partial charge in [0.2, 0.25) is 17.5 Å². The van der Waals surface area contributed by atoms with Crippen LogP contribution in [-0.2, 0) is 30.5 Å². The van der Waals surface area contributed by atoms with E-state index >= 15 is 0 Å². The van der Waals surface area contributed by atoms with Gasteiger partial charge in [0.05, 0.1) is 31.5 Å². The van der Waals surface area contributed by atoms with Crippen molar-refractivity contribution < 1.29 is 49.1 Å². The number of nitrogens with two attached hydrogens (primary N) is 1. The number of rotatable bonds is 18. The molecule has 0 heterocycles. The molecule has 0 aliphatic heterocycles. The minimum absolute atomic E-state index is 0.0790. The molecule has 0 aliphatic carbocycles. The zero-order valence-corrected chi connectivity index (χ0v) is 22.9. The van der Waals surface area contributed by atoms with Gasteiger partial charge in [-0.2, -0.15) is 0 Å². The first kappa shape index (κ1) is 34.7. The van der Waals surface area contributed by atoms with Crippen LogP contribution >= 0.6 is 0 Å². The van der Waals surface area contributed by atoms with Crippen LogP contribution in [0.4, 0.5) is 4.79 Å². The molecule has 0 saturated carbocycles. The lowest BCUT2D eigenvalue weighted by Crippen LogP contribution is -2.59. The third-order valence-electron chi connectivity index (χ3n) is 5.97. The highest BCUT2D eigenvalue weighted by molar-refractivity contribution is 5.86. The maximum Gasteiger partial charge on any atom is 0.407 e. The Kier molecular flexibility index (Phi) is 15.7. The highest BCUT2D eigenvalue weighted by atomic mass is 16.6. The number of esters is 1. The molecule has 0 radical (unpaired) electrons. The molecule has 5 atom stereocenters. The predicted molar refractivity (Wildman–Crippen MR) is 142 cm³/mol. The van der Waals surface area contributed by atoms with Gasteiger partial charge in [-0.05, 0) is 24.8 Å². The number of unbranched alkanes of at least 4 members (excludes halogenated alkanes) is 2. The summed E-state index contributed by atoms with van der Waals surface area (Å²) >= 11 is 0. The van der Waals surface area contributed by atoms with Crippen molar-refractivity contribution in [2.45, 2.75) is 82.1 Å². The number of alkyl carbamates (subject to hydrolysis) is 1. The minimum atomic E-state index is -2.64. The Labute approximate surface area is 233 Å². The molecule has 1 aromatic carbocycles. The van der Waals surface area contributed by atoms with Gasteiger partial charge in [-0.25, -0.2) is 9.59 Å². The van der Waals surface area contributed by atoms with Gasteiger partial charge in [0, 0.05) is 32.9 Å². The molecule has 0 saturated heterocycles. The summed E-state index contributed by atoms with van der Waals surface area (Å²) in [6.45, 7) is 1.35. The van der Waals surface area contributed by atoms with Crippen molar-refractivity contribution in [3.05, 3.63) is 35.9 Å². The Morgan fingerprint density at radius 1 is 1.00 bits per heavy atom. The number of ether oxygens (including phenoxy) is 2. The Bertz CT molecular complexity index is 935. The smallest absolute Gasteiger partial charge is 0.407 e. The van der Waals surface area contributed by atoms with Crippen LogP contribution in [0.1, 0.15) is 51.0 Å². The number of hydrogen-bond donors (Lipinski definition) is 8. The molecular formula is C26H42N4O10. The largest absolute Gasteiger partial charge is 0.465 e. The lowest BCUT2D eigenvalue weighted by Gasteiger charge is -2.33. The predicted octanol–water partition coefficient (Wildman–Crippen LogP) is -1.22. The van der Waals surface area contributed by atoms with E-state index in [0.29, 0.717) is 25.8 Å². The van der Waals surface area contributed by atoms with Crippen LogP contribution in [0.3, 0.4) is 0 Å². The average molecular weight is 571 g/mol. The van der Waals surface area contributed by atoms with Crippen LogP contribution in [0, 0.1) is 0 Å². The highest BCUT2D eigenvalue weighted by Crippen LogP contribution is 2.18. The molecule has 0 aromatic heterocycles. The summed E-state index contributed by atoms with van der Waals surface area (Å²) in [5.41, 5.74) is 3.54. The lowest BCUT2D eigenvalue weighted by molar-refractivity contribution is -0.173. The van der Waals surface area contributed by atoms with Crippen molar-refractivity contribution in [3.8, 4) is 0 Å². The number of carbonyl (C=O) groups is 4. The quantitative estimate of drug-likeness (QED) is 0.0592. The second-order valence-corrected chi connectivity index (χ2v) is 9.38. The SMILES string of the molecule is COC(=O)C(O)(CC(O)C(C[C@@H](O)[C@H](O)CN)NC(C)=O)NC(=O)CCCCCNC(=O)OCc1ccccc1. The topological polar surface area (TPSA) is 230 Å². The van der Waals surface area contributed by atoms with Gasteiger partial charge in [-0.3, -0.25) is 9.59 Å². The third-order valence-corrected chi connectivity index (χ3v) is 5.97. The molecule has 14 nitrogen and oxygen atoms in total. The van der Waals surface area contributed by atoms with Crippen LogP contribution in [0.15, 0.2) is 30.3 Å². The van der Waals surface area contributed by atoms with Crippen molar-refractivity contribution in [1.82, 2.24) is 16.0 Å². The fourth-order valence-electron chi connectivity index (χ4n) is 3.79. The number of methoxy groups -OCH3 is 1. The summed E-state index contributed by atoms with van der Waals surface area (Å²) in [6, 6.07) is 8.00. The Morgan fingerprint density at radius 3 is 2.27 bits per heavy atom. The fraction of sp³-hybridized carbons (Fsp3) is 0.615. The van der Waals surface area contributed by atoms with Gasteiger partial charge in [-0.1, -0.05) is 36.8 Å². The van der Waals surface area contributed by atoms with Gasteiger partial charge in [0.25, 0.3) is 0 Å². The van der Waals surface area contributed by atoms with Gasteiger partial charge in [-0.15, -0.1) is 0 Å². The molecule has 0 aliphatic rings. The minimum Gasteiger partial charge on any atom is -0.465 e. The van der Waals surface area contributed by atoms with Crippen LogP contribution in [0.5, 0.6) is 0 Å². The number of nitrogens with one attached hydrogen (secondary N) is 3. The van der Waals surface area contributed by atoms with E-state index in [1.807, 2.05) is 30.3 Å². The summed E-state index contributed by atoms with van der Waals surface area (Å²) in [4.78, 5) is 48.1. The van der Waals surface area contributed by atoms with E-state index in [2.05, 4.69) is 20.7 Å². The maximum atomic E-state index is 12.5. The monoisotopic (exact) mass is 570 g/mol. The lowest BCUT2D eigenvalue weighted by atomic mass is 9.93. The number of hydrogen-bond acceptors (Lipinski definition) is 11.